The van der Waals surface area contributed by atoms with E-state index in [0.717, 1.165) is 24.4 Å². The fraction of sp³-hybridized carbons (Fsp3) is 0.692. The van der Waals surface area contributed by atoms with Crippen molar-refractivity contribution < 1.29 is 13.9 Å². The molecule has 4 nitrogen and oxygen atoms in total. The standard InChI is InChI=1S/C13H17F2N3O/c1-8-4-11(17-12(16-8)9-2-3-9)18-7-13(14,15)5-10(18)6-19/h4,9-10,19H,2-3,5-7H2,1H3. The number of hydrogen-bond donors (Lipinski definition) is 1. The van der Waals surface area contributed by atoms with Gasteiger partial charge in [-0.3, -0.25) is 0 Å². The summed E-state index contributed by atoms with van der Waals surface area (Å²) in [5.41, 5.74) is 0.791. The third kappa shape index (κ3) is 2.54. The van der Waals surface area contributed by atoms with Crippen LogP contribution in [0.1, 0.15) is 36.7 Å². The average Bonchev–Trinajstić information content (AvgIpc) is 3.13. The van der Waals surface area contributed by atoms with E-state index in [1.54, 1.807) is 6.07 Å². The average molecular weight is 269 g/mol. The Bertz CT molecular complexity index is 491. The maximum Gasteiger partial charge on any atom is 0.267 e. The van der Waals surface area contributed by atoms with Crippen LogP contribution in [0.5, 0.6) is 0 Å². The molecule has 0 bridgehead atoms. The van der Waals surface area contributed by atoms with Gasteiger partial charge in [-0.15, -0.1) is 0 Å². The minimum Gasteiger partial charge on any atom is -0.394 e. The minimum atomic E-state index is -2.76. The Hall–Kier alpha value is -1.30. The number of aryl methyl sites for hydroxylation is 1. The summed E-state index contributed by atoms with van der Waals surface area (Å²) in [5.74, 6) is -1.10. The van der Waals surface area contributed by atoms with Gasteiger partial charge in [-0.2, -0.15) is 0 Å². The quantitative estimate of drug-likeness (QED) is 0.910. The highest BCUT2D eigenvalue weighted by atomic mass is 19.3. The molecular weight excluding hydrogens is 252 g/mol. The lowest BCUT2D eigenvalue weighted by Crippen LogP contribution is -2.33. The smallest absolute Gasteiger partial charge is 0.267 e. The molecule has 1 N–H and O–H groups in total. The summed E-state index contributed by atoms with van der Waals surface area (Å²) in [5, 5.41) is 9.27. The number of halogens is 2. The Morgan fingerprint density at radius 2 is 2.16 bits per heavy atom. The van der Waals surface area contributed by atoms with Gasteiger partial charge in [0.15, 0.2) is 0 Å². The highest BCUT2D eigenvalue weighted by molar-refractivity contribution is 5.44. The van der Waals surface area contributed by atoms with Gasteiger partial charge in [0.2, 0.25) is 0 Å². The van der Waals surface area contributed by atoms with Crippen LogP contribution in [0.4, 0.5) is 14.6 Å². The first kappa shape index (κ1) is 12.7. The highest BCUT2D eigenvalue weighted by Gasteiger charge is 2.45. The molecule has 1 aliphatic heterocycles. The lowest BCUT2D eigenvalue weighted by Gasteiger charge is -2.24. The van der Waals surface area contributed by atoms with Crippen molar-refractivity contribution in [1.82, 2.24) is 9.97 Å². The first-order valence-corrected chi connectivity index (χ1v) is 6.59. The Morgan fingerprint density at radius 3 is 2.79 bits per heavy atom. The number of rotatable bonds is 3. The van der Waals surface area contributed by atoms with E-state index in [9.17, 15) is 13.9 Å². The number of aromatic nitrogens is 2. The molecule has 0 radical (unpaired) electrons. The summed E-state index contributed by atoms with van der Waals surface area (Å²) in [6.45, 7) is 1.19. The summed E-state index contributed by atoms with van der Waals surface area (Å²) in [4.78, 5) is 10.3. The molecular formula is C13H17F2N3O. The van der Waals surface area contributed by atoms with Gasteiger partial charge in [0, 0.05) is 24.1 Å². The van der Waals surface area contributed by atoms with E-state index in [0.29, 0.717) is 11.7 Å². The van der Waals surface area contributed by atoms with Crippen molar-refractivity contribution in [3.8, 4) is 0 Å². The molecule has 1 atom stereocenters. The summed E-state index contributed by atoms with van der Waals surface area (Å²) in [6.07, 6.45) is 1.83. The van der Waals surface area contributed by atoms with E-state index in [1.807, 2.05) is 6.92 Å². The number of hydrogen-bond acceptors (Lipinski definition) is 4. The van der Waals surface area contributed by atoms with Gasteiger partial charge in [0.05, 0.1) is 19.2 Å². The molecule has 3 rings (SSSR count). The van der Waals surface area contributed by atoms with Gasteiger partial charge in [-0.05, 0) is 19.8 Å². The number of nitrogens with zero attached hydrogens (tertiary/aromatic N) is 3. The van der Waals surface area contributed by atoms with Crippen molar-refractivity contribution in [3.63, 3.8) is 0 Å². The Morgan fingerprint density at radius 1 is 1.42 bits per heavy atom. The van der Waals surface area contributed by atoms with E-state index in [-0.39, 0.29) is 19.6 Å². The molecule has 2 heterocycles. The van der Waals surface area contributed by atoms with Crippen LogP contribution in [0, 0.1) is 6.92 Å². The maximum atomic E-state index is 13.5. The Kier molecular flexibility index (Phi) is 2.92. The lowest BCUT2D eigenvalue weighted by atomic mass is 10.2. The lowest BCUT2D eigenvalue weighted by molar-refractivity contribution is 0.0201. The zero-order valence-corrected chi connectivity index (χ0v) is 10.8. The fourth-order valence-corrected chi connectivity index (χ4v) is 2.57. The van der Waals surface area contributed by atoms with Gasteiger partial charge in [0.1, 0.15) is 11.6 Å². The van der Waals surface area contributed by atoms with Crippen LogP contribution in [-0.2, 0) is 0 Å². The largest absolute Gasteiger partial charge is 0.394 e. The van der Waals surface area contributed by atoms with Crippen LogP contribution in [0.15, 0.2) is 6.07 Å². The van der Waals surface area contributed by atoms with Crippen molar-refractivity contribution in [2.45, 2.75) is 44.1 Å². The summed E-state index contributed by atoms with van der Waals surface area (Å²) < 4.78 is 27.0. The minimum absolute atomic E-state index is 0.280. The predicted octanol–water partition coefficient (Wildman–Crippen LogP) is 1.87. The summed E-state index contributed by atoms with van der Waals surface area (Å²) in [6, 6.07) is 1.16. The monoisotopic (exact) mass is 269 g/mol. The van der Waals surface area contributed by atoms with Crippen LogP contribution >= 0.6 is 0 Å². The Labute approximate surface area is 110 Å². The number of aliphatic hydroxyl groups is 1. The summed E-state index contributed by atoms with van der Waals surface area (Å²) in [7, 11) is 0. The molecule has 1 aromatic rings. The molecule has 0 aromatic carbocycles. The van der Waals surface area contributed by atoms with E-state index in [4.69, 9.17) is 0 Å². The van der Waals surface area contributed by atoms with Gasteiger partial charge < -0.3 is 10.0 Å². The summed E-state index contributed by atoms with van der Waals surface area (Å²) >= 11 is 0. The molecule has 2 fully saturated rings. The van der Waals surface area contributed by atoms with Crippen molar-refractivity contribution in [2.24, 2.45) is 0 Å². The molecule has 2 aliphatic rings. The Balaban J connectivity index is 1.92. The zero-order valence-electron chi connectivity index (χ0n) is 10.8. The first-order chi connectivity index (χ1) is 8.98. The molecule has 1 unspecified atom stereocenters. The second-order valence-corrected chi connectivity index (χ2v) is 5.52. The van der Waals surface area contributed by atoms with Gasteiger partial charge in [0.25, 0.3) is 5.92 Å². The van der Waals surface area contributed by atoms with Gasteiger partial charge in [-0.25, -0.2) is 18.7 Å². The third-order valence-electron chi connectivity index (χ3n) is 3.68. The molecule has 1 aromatic heterocycles. The molecule has 1 aliphatic carbocycles. The molecule has 1 saturated heterocycles. The van der Waals surface area contributed by atoms with Crippen molar-refractivity contribution >= 4 is 5.82 Å². The number of anilines is 1. The fourth-order valence-electron chi connectivity index (χ4n) is 2.57. The van der Waals surface area contributed by atoms with Crippen molar-refractivity contribution in [2.75, 3.05) is 18.1 Å². The van der Waals surface area contributed by atoms with Crippen LogP contribution in [-0.4, -0.2) is 40.2 Å². The molecule has 19 heavy (non-hydrogen) atoms. The van der Waals surface area contributed by atoms with Gasteiger partial charge in [-0.1, -0.05) is 0 Å². The normalized spacial score (nSPS) is 25.9. The zero-order chi connectivity index (χ0) is 13.6. The maximum absolute atomic E-state index is 13.5. The highest BCUT2D eigenvalue weighted by Crippen LogP contribution is 2.40. The molecule has 6 heteroatoms. The van der Waals surface area contributed by atoms with Crippen LogP contribution in [0.3, 0.4) is 0 Å². The predicted molar refractivity (Wildman–Crippen MR) is 66.5 cm³/mol. The van der Waals surface area contributed by atoms with Crippen LogP contribution in [0.25, 0.3) is 0 Å². The molecule has 104 valence electrons. The van der Waals surface area contributed by atoms with Crippen LogP contribution < -0.4 is 4.90 Å². The third-order valence-corrected chi connectivity index (χ3v) is 3.68. The number of aliphatic hydroxyl groups excluding tert-OH is 1. The van der Waals surface area contributed by atoms with Crippen LogP contribution in [0.2, 0.25) is 0 Å². The van der Waals surface area contributed by atoms with Crippen molar-refractivity contribution in [3.05, 3.63) is 17.6 Å². The van der Waals surface area contributed by atoms with Crippen molar-refractivity contribution in [1.29, 1.82) is 0 Å². The topological polar surface area (TPSA) is 49.2 Å². The molecule has 1 saturated carbocycles. The van der Waals surface area contributed by atoms with E-state index >= 15 is 0 Å². The second-order valence-electron chi connectivity index (χ2n) is 5.52. The number of alkyl halides is 2. The van der Waals surface area contributed by atoms with E-state index in [2.05, 4.69) is 9.97 Å². The molecule has 0 amide bonds. The van der Waals surface area contributed by atoms with E-state index < -0.39 is 12.0 Å². The SMILES string of the molecule is Cc1cc(N2CC(F)(F)CC2CO)nc(C2CC2)n1. The van der Waals surface area contributed by atoms with E-state index in [1.165, 1.54) is 4.90 Å². The first-order valence-electron chi connectivity index (χ1n) is 6.59. The van der Waals surface area contributed by atoms with Gasteiger partial charge >= 0.3 is 0 Å². The molecule has 0 spiro atoms. The second kappa shape index (κ2) is 4.37.